The lowest BCUT2D eigenvalue weighted by Crippen LogP contribution is -2.39. The first-order valence-electron chi connectivity index (χ1n) is 12.1. The number of hydrogen-bond donors (Lipinski definition) is 3. The van der Waals surface area contributed by atoms with Gasteiger partial charge in [-0.3, -0.25) is 4.98 Å². The van der Waals surface area contributed by atoms with E-state index in [1.54, 1.807) is 6.20 Å². The number of aromatic nitrogens is 4. The number of benzene rings is 1. The number of unbranched alkanes of at least 4 members (excludes halogenated alkanes) is 1. The second-order valence-electron chi connectivity index (χ2n) is 8.75. The first-order chi connectivity index (χ1) is 17.0. The van der Waals surface area contributed by atoms with E-state index in [0.29, 0.717) is 31.1 Å². The zero-order valence-electron chi connectivity index (χ0n) is 20.5. The maximum Gasteiger partial charge on any atom is 0.314 e. The summed E-state index contributed by atoms with van der Waals surface area (Å²) in [6.07, 6.45) is 5.30. The number of carbonyl (C=O) groups is 1. The van der Waals surface area contributed by atoms with Crippen molar-refractivity contribution >= 4 is 33.8 Å². The number of nitrogens with zero attached hydrogens (tertiary/aromatic N) is 4. The molecule has 2 amide bonds. The van der Waals surface area contributed by atoms with E-state index in [9.17, 15) is 4.79 Å². The van der Waals surface area contributed by atoms with Gasteiger partial charge in [0, 0.05) is 49.1 Å². The van der Waals surface area contributed by atoms with Gasteiger partial charge >= 0.3 is 6.03 Å². The van der Waals surface area contributed by atoms with Crippen molar-refractivity contribution in [2.45, 2.75) is 52.8 Å². The van der Waals surface area contributed by atoms with Crippen LogP contribution in [0.3, 0.4) is 0 Å². The number of ether oxygens (including phenoxy) is 1. The van der Waals surface area contributed by atoms with E-state index in [1.165, 1.54) is 0 Å². The summed E-state index contributed by atoms with van der Waals surface area (Å²) in [5.74, 6) is 1.23. The van der Waals surface area contributed by atoms with Crippen molar-refractivity contribution in [2.24, 2.45) is 0 Å². The van der Waals surface area contributed by atoms with Crippen LogP contribution >= 0.6 is 0 Å². The zero-order valence-corrected chi connectivity index (χ0v) is 20.5. The quantitative estimate of drug-likeness (QED) is 0.295. The molecule has 0 unspecified atom stereocenters. The van der Waals surface area contributed by atoms with Gasteiger partial charge in [0.25, 0.3) is 0 Å². The molecule has 9 nitrogen and oxygen atoms in total. The summed E-state index contributed by atoms with van der Waals surface area (Å²) < 4.78 is 7.88. The molecule has 1 aromatic carbocycles. The van der Waals surface area contributed by atoms with Gasteiger partial charge in [-0.2, -0.15) is 0 Å². The molecule has 0 saturated heterocycles. The van der Waals surface area contributed by atoms with Crippen LogP contribution in [-0.4, -0.2) is 44.7 Å². The molecule has 4 aromatic rings. The molecule has 4 N–H and O–H groups in total. The Morgan fingerprint density at radius 2 is 2.03 bits per heavy atom. The molecular formula is C26H33N7O2. The minimum Gasteiger partial charge on any atom is -0.382 e. The van der Waals surface area contributed by atoms with Gasteiger partial charge < -0.3 is 25.7 Å². The van der Waals surface area contributed by atoms with Crippen LogP contribution in [-0.2, 0) is 17.9 Å². The van der Waals surface area contributed by atoms with Crippen LogP contribution in [0.25, 0.3) is 33.1 Å². The molecule has 4 rings (SSSR count). The summed E-state index contributed by atoms with van der Waals surface area (Å²) >= 11 is 0. The second-order valence-corrected chi connectivity index (χ2v) is 8.75. The summed E-state index contributed by atoms with van der Waals surface area (Å²) in [7, 11) is 0. The number of fused-ring (bicyclic) bond motifs is 3. The molecule has 3 heterocycles. The number of nitrogens with two attached hydrogens (primary N) is 1. The highest BCUT2D eigenvalue weighted by molar-refractivity contribution is 6.07. The highest BCUT2D eigenvalue weighted by Crippen LogP contribution is 2.32. The first kappa shape index (κ1) is 24.4. The highest BCUT2D eigenvalue weighted by Gasteiger charge is 2.18. The fraction of sp³-hybridized carbons (Fsp3) is 0.385. The monoisotopic (exact) mass is 475 g/mol. The van der Waals surface area contributed by atoms with Gasteiger partial charge in [0.15, 0.2) is 5.82 Å². The van der Waals surface area contributed by atoms with Crippen LogP contribution < -0.4 is 16.4 Å². The Bertz CT molecular complexity index is 1300. The number of nitrogen functional groups attached to an aromatic ring is 1. The Labute approximate surface area is 205 Å². The number of pyridine rings is 2. The fourth-order valence-electron chi connectivity index (χ4n) is 4.13. The molecule has 9 heteroatoms. The van der Waals surface area contributed by atoms with Crippen molar-refractivity contribution in [3.63, 3.8) is 0 Å². The molecule has 0 saturated carbocycles. The summed E-state index contributed by atoms with van der Waals surface area (Å²) in [6, 6.07) is 10.1. The molecule has 0 radical (unpaired) electrons. The third kappa shape index (κ3) is 5.68. The number of aryl methyl sites for hydroxylation is 1. The second kappa shape index (κ2) is 11.1. The average molecular weight is 476 g/mol. The molecule has 3 aromatic heterocycles. The van der Waals surface area contributed by atoms with Crippen LogP contribution in [0.15, 0.2) is 42.7 Å². The lowest BCUT2D eigenvalue weighted by molar-refractivity contribution is 0.126. The van der Waals surface area contributed by atoms with Gasteiger partial charge in [0.2, 0.25) is 0 Å². The van der Waals surface area contributed by atoms with E-state index in [4.69, 9.17) is 15.5 Å². The predicted octanol–water partition coefficient (Wildman–Crippen LogP) is 4.25. The summed E-state index contributed by atoms with van der Waals surface area (Å²) in [5.41, 5.74) is 10.9. The third-order valence-corrected chi connectivity index (χ3v) is 5.73. The third-order valence-electron chi connectivity index (χ3n) is 5.73. The van der Waals surface area contributed by atoms with Crippen LogP contribution in [0.2, 0.25) is 0 Å². The lowest BCUT2D eigenvalue weighted by atomic mass is 10.0. The van der Waals surface area contributed by atoms with Gasteiger partial charge in [-0.1, -0.05) is 18.2 Å². The number of carbonyl (C=O) groups excluding carboxylic acids is 1. The van der Waals surface area contributed by atoms with Crippen molar-refractivity contribution in [2.75, 3.05) is 18.9 Å². The Balaban J connectivity index is 1.63. The van der Waals surface area contributed by atoms with Gasteiger partial charge in [-0.15, -0.1) is 0 Å². The first-order valence-corrected chi connectivity index (χ1v) is 12.1. The van der Waals surface area contributed by atoms with Crippen LogP contribution in [0.4, 0.5) is 10.6 Å². The lowest BCUT2D eigenvalue weighted by Gasteiger charge is -2.13. The maximum atomic E-state index is 11.8. The van der Waals surface area contributed by atoms with E-state index in [-0.39, 0.29) is 12.1 Å². The van der Waals surface area contributed by atoms with E-state index in [0.717, 1.165) is 52.8 Å². The van der Waals surface area contributed by atoms with Crippen molar-refractivity contribution in [3.8, 4) is 11.1 Å². The van der Waals surface area contributed by atoms with Gasteiger partial charge in [0.05, 0.1) is 11.0 Å². The number of rotatable bonds is 10. The molecular weight excluding hydrogens is 442 g/mol. The Kier molecular flexibility index (Phi) is 7.77. The minimum atomic E-state index is -0.139. The van der Waals surface area contributed by atoms with E-state index in [2.05, 4.69) is 37.3 Å². The molecule has 0 aliphatic heterocycles. The van der Waals surface area contributed by atoms with Crippen molar-refractivity contribution < 1.29 is 9.53 Å². The van der Waals surface area contributed by atoms with Gasteiger partial charge in [-0.05, 0) is 51.3 Å². The summed E-state index contributed by atoms with van der Waals surface area (Å²) in [4.78, 5) is 25.5. The normalized spacial score (nSPS) is 11.4. The van der Waals surface area contributed by atoms with Gasteiger partial charge in [0.1, 0.15) is 17.9 Å². The van der Waals surface area contributed by atoms with Crippen LogP contribution in [0, 0.1) is 0 Å². The molecule has 0 atom stereocenters. The number of imidazole rings is 1. The largest absolute Gasteiger partial charge is 0.382 e. The Hall–Kier alpha value is -3.72. The number of anilines is 1. The van der Waals surface area contributed by atoms with E-state index < -0.39 is 0 Å². The average Bonchev–Trinajstić information content (AvgIpc) is 3.21. The molecule has 0 aliphatic rings. The summed E-state index contributed by atoms with van der Waals surface area (Å²) in [5, 5.41) is 6.74. The maximum absolute atomic E-state index is 11.8. The van der Waals surface area contributed by atoms with Crippen molar-refractivity contribution in [1.82, 2.24) is 30.2 Å². The Morgan fingerprint density at radius 1 is 1.17 bits per heavy atom. The van der Waals surface area contributed by atoms with Crippen molar-refractivity contribution in [3.05, 3.63) is 48.5 Å². The smallest absolute Gasteiger partial charge is 0.314 e. The number of amides is 2. The number of hydrogen-bond acceptors (Lipinski definition) is 6. The molecule has 0 bridgehead atoms. The fourth-order valence-corrected chi connectivity index (χ4v) is 4.13. The van der Waals surface area contributed by atoms with E-state index in [1.807, 2.05) is 45.2 Å². The minimum absolute atomic E-state index is 0.111. The van der Waals surface area contributed by atoms with E-state index >= 15 is 0 Å². The standard InChI is InChI=1S/C26H33N7O2/c1-4-35-16-22-32-23-24(33(22)13-6-5-12-29-26(34)30-17(2)3)20-10-9-18(14-21(20)31-25(23)27)19-8-7-11-28-15-19/h7-11,14-15,17H,4-6,12-13,16H2,1-3H3,(H2,27,31)(H2,29,30,34). The van der Waals surface area contributed by atoms with Crippen LogP contribution in [0.5, 0.6) is 0 Å². The molecule has 0 spiro atoms. The number of nitrogens with one attached hydrogen (secondary N) is 2. The summed E-state index contributed by atoms with van der Waals surface area (Å²) in [6.45, 7) is 8.17. The van der Waals surface area contributed by atoms with Crippen LogP contribution in [0.1, 0.15) is 39.4 Å². The molecule has 35 heavy (non-hydrogen) atoms. The SMILES string of the molecule is CCOCc1nc2c(N)nc3cc(-c4cccnc4)ccc3c2n1CCCCNC(=O)NC(C)C. The molecule has 0 fully saturated rings. The molecule has 184 valence electrons. The topological polar surface area (TPSA) is 120 Å². The highest BCUT2D eigenvalue weighted by atomic mass is 16.5. The van der Waals surface area contributed by atoms with Crippen molar-refractivity contribution in [1.29, 1.82) is 0 Å². The zero-order chi connectivity index (χ0) is 24.8. The predicted molar refractivity (Wildman–Crippen MR) is 139 cm³/mol. The Morgan fingerprint density at radius 3 is 2.77 bits per heavy atom. The van der Waals surface area contributed by atoms with Gasteiger partial charge in [-0.25, -0.2) is 14.8 Å². The number of urea groups is 1. The molecule has 0 aliphatic carbocycles.